The molecule has 1 aliphatic heterocycles. The average Bonchev–Trinajstić information content (AvgIpc) is 3.50. The van der Waals surface area contributed by atoms with Crippen LogP contribution in [0.3, 0.4) is 0 Å². The Kier molecular flexibility index (Phi) is 21.1. The zero-order valence-corrected chi connectivity index (χ0v) is 43.9. The molecule has 1 fully saturated rings. The summed E-state index contributed by atoms with van der Waals surface area (Å²) in [6, 6.07) is 15.6. The number of Topliss-reactive ketones (excluding diaryl/α,β-unsaturated/α-hetero) is 1. The molecule has 13 N–H and O–H groups in total. The standard InChI is InChI=1S/C53H62N6O16.2ClH/c1-26(55)49(67)58-35(20-28-10-5-4-6-11-28)51(69)57-33(13-7-8-19-54)50(68)56-30-17-15-29(16-18-30)25-73-52(70)59-34-21-39(74-27(2)44(34)62)75-37-23-53(71,38(61)24-60)22-32-41(37)48(66)43-42(46(32)64)45(63)31-12-9-14-36(72-3)40(31)47(43)65;;/h4-6,9-12,14-18,26-27,33-35,37,39,44,60,62,64,66,71H,7-8,13,19-25,54-55H2,1-3H3,(H,56,68)(H,57,69)(H,58,67)(H,59,70);2*1H/t26-,27?,33+,34?,35+,37+,39?,44?,53+;;/m1../s1. The molecule has 0 saturated carbocycles. The number of ketones is 3. The first-order valence-electron chi connectivity index (χ1n) is 24.4. The number of carbonyl (C=O) groups excluding carboxylic acids is 7. The van der Waals surface area contributed by atoms with Gasteiger partial charge in [-0.2, -0.15) is 0 Å². The molecule has 2 aliphatic carbocycles. The van der Waals surface area contributed by atoms with Crippen molar-refractivity contribution in [3.63, 3.8) is 0 Å². The van der Waals surface area contributed by atoms with Gasteiger partial charge in [0, 0.05) is 48.1 Å². The number of alkyl carbamates (subject to hydrolysis) is 1. The number of hydrogen-bond donors (Lipinski definition) is 11. The molecule has 9 atom stereocenters. The first-order valence-corrected chi connectivity index (χ1v) is 24.4. The number of halogens is 2. The van der Waals surface area contributed by atoms with Crippen molar-refractivity contribution in [2.75, 3.05) is 25.6 Å². The number of ether oxygens (including phenoxy) is 4. The number of aliphatic hydroxyl groups excluding tert-OH is 2. The Bertz CT molecular complexity index is 2820. The summed E-state index contributed by atoms with van der Waals surface area (Å²) in [6.45, 7) is 1.97. The molecule has 0 bridgehead atoms. The molecular formula is C53H64Cl2N6O16. The third-order valence-electron chi connectivity index (χ3n) is 13.6. The van der Waals surface area contributed by atoms with E-state index in [-0.39, 0.29) is 78.7 Å². The zero-order chi connectivity index (χ0) is 54.3. The van der Waals surface area contributed by atoms with Gasteiger partial charge in [0.2, 0.25) is 23.5 Å². The summed E-state index contributed by atoms with van der Waals surface area (Å²) < 4.78 is 23.0. The van der Waals surface area contributed by atoms with E-state index in [1.165, 1.54) is 39.2 Å². The summed E-state index contributed by atoms with van der Waals surface area (Å²) in [7, 11) is 1.29. The molecule has 1 saturated heterocycles. The number of aliphatic hydroxyl groups is 3. The molecule has 4 aromatic carbocycles. The number of anilines is 1. The van der Waals surface area contributed by atoms with Crippen LogP contribution in [0.5, 0.6) is 17.2 Å². The minimum absolute atomic E-state index is 0. The maximum absolute atomic E-state index is 14.0. The van der Waals surface area contributed by atoms with Crippen molar-refractivity contribution in [3.05, 3.63) is 117 Å². The molecule has 22 nitrogen and oxygen atoms in total. The predicted molar refractivity (Wildman–Crippen MR) is 281 cm³/mol. The van der Waals surface area contributed by atoms with Crippen LogP contribution < -0.4 is 37.5 Å². The Morgan fingerprint density at radius 2 is 1.52 bits per heavy atom. The van der Waals surface area contributed by atoms with E-state index < -0.39 is 138 Å². The quantitative estimate of drug-likeness (QED) is 0.0394. The van der Waals surface area contributed by atoms with Gasteiger partial charge in [0.05, 0.1) is 48.1 Å². The van der Waals surface area contributed by atoms with Gasteiger partial charge in [-0.1, -0.05) is 54.6 Å². The van der Waals surface area contributed by atoms with Crippen LogP contribution >= 0.6 is 24.8 Å². The van der Waals surface area contributed by atoms with Crippen molar-refractivity contribution in [1.29, 1.82) is 0 Å². The maximum Gasteiger partial charge on any atom is 0.407 e. The lowest BCUT2D eigenvalue weighted by Gasteiger charge is -2.42. The first-order chi connectivity index (χ1) is 35.8. The third kappa shape index (κ3) is 13.7. The molecule has 77 heavy (non-hydrogen) atoms. The second kappa shape index (κ2) is 26.6. The predicted octanol–water partition coefficient (Wildman–Crippen LogP) is 2.44. The van der Waals surface area contributed by atoms with Crippen molar-refractivity contribution >= 4 is 71.7 Å². The lowest BCUT2D eigenvalue weighted by atomic mass is 9.72. The molecular weight excluding hydrogens is 1050 g/mol. The zero-order valence-electron chi connectivity index (χ0n) is 42.3. The Balaban J connectivity index is 0.00000547. The van der Waals surface area contributed by atoms with E-state index in [0.717, 1.165) is 5.56 Å². The van der Waals surface area contributed by atoms with E-state index in [0.29, 0.717) is 30.6 Å². The fraction of sp³-hybridized carbons (Fsp3) is 0.415. The number of phenols is 2. The lowest BCUT2D eigenvalue weighted by Crippen LogP contribution is -2.56. The maximum atomic E-state index is 14.0. The van der Waals surface area contributed by atoms with Crippen LogP contribution in [-0.2, 0) is 52.8 Å². The summed E-state index contributed by atoms with van der Waals surface area (Å²) in [5, 5.41) is 67.0. The molecule has 4 aromatic rings. The first kappa shape index (κ1) is 61.1. The highest BCUT2D eigenvalue weighted by Crippen LogP contribution is 2.52. The number of fused-ring (bicyclic) bond motifs is 3. The van der Waals surface area contributed by atoms with E-state index in [4.69, 9.17) is 30.4 Å². The van der Waals surface area contributed by atoms with Crippen LogP contribution in [0.25, 0.3) is 0 Å². The Morgan fingerprint density at radius 3 is 2.17 bits per heavy atom. The Morgan fingerprint density at radius 1 is 0.844 bits per heavy atom. The van der Waals surface area contributed by atoms with Crippen LogP contribution in [0.15, 0.2) is 72.8 Å². The number of aromatic hydroxyl groups is 2. The minimum atomic E-state index is -2.40. The minimum Gasteiger partial charge on any atom is -0.507 e. The summed E-state index contributed by atoms with van der Waals surface area (Å²) in [5.74, 6) is -5.93. The van der Waals surface area contributed by atoms with Crippen LogP contribution in [-0.4, -0.2) is 135 Å². The number of carbonyl (C=O) groups is 7. The molecule has 0 spiro atoms. The second-order valence-corrected chi connectivity index (χ2v) is 18.9. The van der Waals surface area contributed by atoms with Gasteiger partial charge in [0.25, 0.3) is 0 Å². The number of rotatable bonds is 20. The van der Waals surface area contributed by atoms with Crippen LogP contribution in [0.4, 0.5) is 10.5 Å². The van der Waals surface area contributed by atoms with Gasteiger partial charge < -0.3 is 77.2 Å². The van der Waals surface area contributed by atoms with Gasteiger partial charge in [-0.05, 0) is 69.0 Å². The van der Waals surface area contributed by atoms with Gasteiger partial charge in [-0.15, -0.1) is 24.8 Å². The molecule has 1 heterocycles. The largest absolute Gasteiger partial charge is 0.507 e. The highest BCUT2D eigenvalue weighted by molar-refractivity contribution is 6.31. The van der Waals surface area contributed by atoms with Gasteiger partial charge in [0.1, 0.15) is 54.3 Å². The average molecular weight is 1110 g/mol. The third-order valence-corrected chi connectivity index (χ3v) is 13.6. The molecule has 0 radical (unpaired) electrons. The Hall–Kier alpha value is -6.73. The van der Waals surface area contributed by atoms with Crippen molar-refractivity contribution in [3.8, 4) is 17.2 Å². The summed E-state index contributed by atoms with van der Waals surface area (Å²) in [6.07, 6.45) is -6.24. The summed E-state index contributed by atoms with van der Waals surface area (Å²) in [5.41, 5.74) is 8.78. The van der Waals surface area contributed by atoms with Crippen LogP contribution in [0.2, 0.25) is 0 Å². The molecule has 416 valence electrons. The van der Waals surface area contributed by atoms with Crippen molar-refractivity contribution in [1.82, 2.24) is 16.0 Å². The number of nitrogens with two attached hydrogens (primary N) is 2. The highest BCUT2D eigenvalue weighted by atomic mass is 35.5. The monoisotopic (exact) mass is 1110 g/mol. The summed E-state index contributed by atoms with van der Waals surface area (Å²) in [4.78, 5) is 94.1. The molecule has 7 rings (SSSR count). The fourth-order valence-electron chi connectivity index (χ4n) is 9.51. The van der Waals surface area contributed by atoms with Gasteiger partial charge in [-0.25, -0.2) is 4.79 Å². The smallest absolute Gasteiger partial charge is 0.407 e. The Labute approximate surface area is 455 Å². The number of nitrogens with one attached hydrogen (secondary N) is 4. The van der Waals surface area contributed by atoms with Crippen molar-refractivity contribution in [2.45, 2.75) is 120 Å². The van der Waals surface area contributed by atoms with E-state index in [2.05, 4.69) is 21.3 Å². The van der Waals surface area contributed by atoms with E-state index in [9.17, 15) is 59.1 Å². The van der Waals surface area contributed by atoms with Gasteiger partial charge >= 0.3 is 6.09 Å². The number of unbranched alkanes of at least 4 members (excludes halogenated alkanes) is 1. The SMILES string of the molecule is COc1cccc2c1C(=O)c1c(O)c3c(c(O)c1C2=O)C[C@@](O)(C(=O)CO)C[C@@H]3OC1CC(NC(=O)OCc2ccc(NC(=O)[C@H](CCCCN)NC(=O)[C@H](Cc3ccccc3)NC(=O)[C@@H](C)N)cc2)C(O)C(C)O1.Cl.Cl. The lowest BCUT2D eigenvalue weighted by molar-refractivity contribution is -0.249. The van der Waals surface area contributed by atoms with Gasteiger partial charge in [-0.3, -0.25) is 28.8 Å². The molecule has 24 heteroatoms. The number of amides is 4. The number of phenolic OH excluding ortho intramolecular Hbond substituents is 2. The van der Waals surface area contributed by atoms with Crippen molar-refractivity contribution in [2.24, 2.45) is 11.5 Å². The normalized spacial score (nSPS) is 21.4. The molecule has 4 unspecified atom stereocenters. The van der Waals surface area contributed by atoms with E-state index in [1.807, 2.05) is 18.2 Å². The summed E-state index contributed by atoms with van der Waals surface area (Å²) >= 11 is 0. The number of hydrogen-bond acceptors (Lipinski definition) is 18. The highest BCUT2D eigenvalue weighted by Gasteiger charge is 2.50. The second-order valence-electron chi connectivity index (χ2n) is 18.9. The van der Waals surface area contributed by atoms with Gasteiger partial charge in [0.15, 0.2) is 17.9 Å². The van der Waals surface area contributed by atoms with Crippen molar-refractivity contribution < 1.29 is 78.0 Å². The molecule has 0 aromatic heterocycles. The van der Waals surface area contributed by atoms with Crippen LogP contribution in [0, 0.1) is 0 Å². The topological polar surface area (TPSA) is 358 Å². The van der Waals surface area contributed by atoms with E-state index in [1.54, 1.807) is 36.4 Å². The van der Waals surface area contributed by atoms with Crippen LogP contribution in [0.1, 0.15) is 106 Å². The molecule has 4 amide bonds. The fourth-order valence-corrected chi connectivity index (χ4v) is 9.51. The molecule has 3 aliphatic rings. The number of benzene rings is 4. The number of methoxy groups -OCH3 is 1. The van der Waals surface area contributed by atoms with E-state index >= 15 is 0 Å².